The van der Waals surface area contributed by atoms with Crippen LogP contribution in [0.15, 0.2) is 29.5 Å². The third-order valence-electron chi connectivity index (χ3n) is 7.46. The summed E-state index contributed by atoms with van der Waals surface area (Å²) < 4.78 is 11.1. The molecule has 1 aromatic carbocycles. The molecule has 0 spiro atoms. The van der Waals surface area contributed by atoms with Crippen molar-refractivity contribution in [2.45, 2.75) is 70.1 Å². The lowest BCUT2D eigenvalue weighted by Gasteiger charge is -2.38. The van der Waals surface area contributed by atoms with Gasteiger partial charge < -0.3 is 9.47 Å². The Morgan fingerprint density at radius 3 is 2.54 bits per heavy atom. The molecule has 1 atom stereocenters. The maximum absolute atomic E-state index is 13.8. The van der Waals surface area contributed by atoms with Crippen LogP contribution >= 0.6 is 11.3 Å². The van der Waals surface area contributed by atoms with Crippen molar-refractivity contribution in [3.05, 3.63) is 51.0 Å². The highest BCUT2D eigenvalue weighted by molar-refractivity contribution is 7.16. The molecule has 2 heterocycles. The lowest BCUT2D eigenvalue weighted by molar-refractivity contribution is -0.119. The summed E-state index contributed by atoms with van der Waals surface area (Å²) in [6.45, 7) is 0. The van der Waals surface area contributed by atoms with Crippen molar-refractivity contribution in [3.63, 3.8) is 0 Å². The average molecular weight is 491 g/mol. The Balaban J connectivity index is 1.67. The first-order chi connectivity index (χ1) is 17.1. The van der Waals surface area contributed by atoms with E-state index in [1.54, 1.807) is 30.5 Å². The van der Waals surface area contributed by atoms with Gasteiger partial charge in [0.15, 0.2) is 5.78 Å². The number of nitriles is 1. The van der Waals surface area contributed by atoms with Gasteiger partial charge in [0.2, 0.25) is 5.91 Å². The predicted octanol–water partition coefficient (Wildman–Crippen LogP) is 5.82. The number of hydrogen-bond acceptors (Lipinski definition) is 6. The molecule has 0 bridgehead atoms. The fraction of sp³-hybridized carbons (Fsp3) is 0.464. The summed E-state index contributed by atoms with van der Waals surface area (Å²) in [5.41, 5.74) is 3.98. The van der Waals surface area contributed by atoms with E-state index >= 15 is 0 Å². The number of nitrogens with zero attached hydrogens (tertiary/aromatic N) is 2. The van der Waals surface area contributed by atoms with E-state index in [0.717, 1.165) is 42.5 Å². The van der Waals surface area contributed by atoms with Crippen LogP contribution in [0.1, 0.15) is 78.9 Å². The fourth-order valence-electron chi connectivity index (χ4n) is 5.78. The van der Waals surface area contributed by atoms with Crippen molar-refractivity contribution >= 4 is 28.0 Å². The van der Waals surface area contributed by atoms with Crippen LogP contribution in [0.4, 0.5) is 5.00 Å². The first-order valence-electron chi connectivity index (χ1n) is 12.4. The lowest BCUT2D eigenvalue weighted by atomic mass is 9.77. The molecule has 3 aliphatic rings. The third-order valence-corrected chi connectivity index (χ3v) is 8.73. The van der Waals surface area contributed by atoms with E-state index in [2.05, 4.69) is 6.07 Å². The van der Waals surface area contributed by atoms with E-state index in [1.807, 2.05) is 18.2 Å². The molecule has 35 heavy (non-hydrogen) atoms. The zero-order valence-electron chi connectivity index (χ0n) is 20.3. The van der Waals surface area contributed by atoms with E-state index in [1.165, 1.54) is 17.7 Å². The van der Waals surface area contributed by atoms with Crippen molar-refractivity contribution in [2.24, 2.45) is 0 Å². The molecule has 2 aromatic rings. The first-order valence-corrected chi connectivity index (χ1v) is 13.2. The van der Waals surface area contributed by atoms with Gasteiger partial charge in [-0.2, -0.15) is 5.26 Å². The van der Waals surface area contributed by atoms with Gasteiger partial charge in [-0.15, -0.1) is 11.3 Å². The highest BCUT2D eigenvalue weighted by atomic mass is 32.1. The minimum absolute atomic E-state index is 0.0703. The smallest absolute Gasteiger partial charge is 0.232 e. The molecule has 0 unspecified atom stereocenters. The van der Waals surface area contributed by atoms with E-state index < -0.39 is 5.92 Å². The number of anilines is 1. The SMILES string of the molecule is COc1ccc(OC)c([C@H]2CC(=O)N(c3sc4c(c3C#N)CCCCCC4)C3=C2C(=O)CCC3)c1. The van der Waals surface area contributed by atoms with Crippen LogP contribution in [0.2, 0.25) is 0 Å². The number of methoxy groups -OCH3 is 2. The number of ketones is 1. The van der Waals surface area contributed by atoms with Gasteiger partial charge in [0.25, 0.3) is 0 Å². The summed E-state index contributed by atoms with van der Waals surface area (Å²) in [6.07, 6.45) is 8.34. The molecule has 0 fully saturated rings. The third kappa shape index (κ3) is 4.14. The number of rotatable bonds is 4. The van der Waals surface area contributed by atoms with Crippen LogP contribution < -0.4 is 14.4 Å². The standard InChI is InChI=1S/C28H30N2O4S/c1-33-17-12-13-24(34-2)19(14-17)20-15-26(32)30(22-9-7-10-23(31)27(20)22)28-21(16-29)18-8-5-3-4-6-11-25(18)35-28/h12-14,20H,3-11,15H2,1-2H3/t20-/m1/s1. The Labute approximate surface area is 210 Å². The predicted molar refractivity (Wildman–Crippen MR) is 135 cm³/mol. The topological polar surface area (TPSA) is 79.6 Å². The van der Waals surface area contributed by atoms with E-state index in [9.17, 15) is 14.9 Å². The molecule has 5 rings (SSSR count). The van der Waals surface area contributed by atoms with E-state index in [4.69, 9.17) is 9.47 Å². The van der Waals surface area contributed by atoms with Crippen LogP contribution in [0.25, 0.3) is 0 Å². The molecule has 1 amide bonds. The molecule has 0 N–H and O–H groups in total. The van der Waals surface area contributed by atoms with Gasteiger partial charge in [-0.05, 0) is 62.3 Å². The van der Waals surface area contributed by atoms with Gasteiger partial charge in [0, 0.05) is 40.5 Å². The summed E-state index contributed by atoms with van der Waals surface area (Å²) in [4.78, 5) is 30.1. The number of carbonyl (C=O) groups is 2. The van der Waals surface area contributed by atoms with Crippen LogP contribution in [0.5, 0.6) is 11.5 Å². The van der Waals surface area contributed by atoms with Crippen LogP contribution in [-0.2, 0) is 22.4 Å². The number of fused-ring (bicyclic) bond motifs is 1. The average Bonchev–Trinajstić information content (AvgIpc) is 3.18. The summed E-state index contributed by atoms with van der Waals surface area (Å²) in [5, 5.41) is 10.9. The normalized spacial score (nSPS) is 20.5. The molecule has 0 saturated heterocycles. The Hall–Kier alpha value is -3.11. The molecule has 2 aliphatic carbocycles. The van der Waals surface area contributed by atoms with Gasteiger partial charge in [-0.3, -0.25) is 14.5 Å². The molecular formula is C28H30N2O4S. The van der Waals surface area contributed by atoms with Crippen molar-refractivity contribution in [1.82, 2.24) is 0 Å². The number of allylic oxidation sites excluding steroid dienone is 2. The Morgan fingerprint density at radius 2 is 1.80 bits per heavy atom. The Bertz CT molecular complexity index is 1250. The van der Waals surface area contributed by atoms with Gasteiger partial charge in [-0.1, -0.05) is 12.8 Å². The quantitative estimate of drug-likeness (QED) is 0.539. The summed E-state index contributed by atoms with van der Waals surface area (Å²) in [5.74, 6) is 0.911. The number of benzene rings is 1. The molecule has 1 aliphatic heterocycles. The van der Waals surface area contributed by atoms with Gasteiger partial charge in [0.1, 0.15) is 22.6 Å². The molecule has 0 saturated carbocycles. The summed E-state index contributed by atoms with van der Waals surface area (Å²) >= 11 is 1.58. The van der Waals surface area contributed by atoms with E-state index in [-0.39, 0.29) is 18.1 Å². The van der Waals surface area contributed by atoms with Gasteiger partial charge in [-0.25, -0.2) is 0 Å². The molecule has 0 radical (unpaired) electrons. The number of Topliss-reactive ketones (excluding diaryl/α,β-unsaturated/α-hetero) is 1. The number of carbonyl (C=O) groups excluding carboxylic acids is 2. The second kappa shape index (κ2) is 9.87. The van der Waals surface area contributed by atoms with Crippen LogP contribution in [0, 0.1) is 11.3 Å². The Morgan fingerprint density at radius 1 is 1.00 bits per heavy atom. The molecule has 7 heteroatoms. The largest absolute Gasteiger partial charge is 0.497 e. The zero-order valence-corrected chi connectivity index (χ0v) is 21.1. The van der Waals surface area contributed by atoms with E-state index in [0.29, 0.717) is 46.9 Å². The number of amides is 1. The molecular weight excluding hydrogens is 460 g/mol. The summed E-state index contributed by atoms with van der Waals surface area (Å²) in [6, 6.07) is 7.94. The number of ether oxygens (including phenoxy) is 2. The highest BCUT2D eigenvalue weighted by Gasteiger charge is 2.42. The van der Waals surface area contributed by atoms with Gasteiger partial charge >= 0.3 is 0 Å². The lowest BCUT2D eigenvalue weighted by Crippen LogP contribution is -2.40. The monoisotopic (exact) mass is 490 g/mol. The first kappa shape index (κ1) is 23.6. The minimum atomic E-state index is -0.391. The van der Waals surface area contributed by atoms with Crippen LogP contribution in [0.3, 0.4) is 0 Å². The molecule has 6 nitrogen and oxygen atoms in total. The van der Waals surface area contributed by atoms with Crippen molar-refractivity contribution in [2.75, 3.05) is 19.1 Å². The second-order valence-electron chi connectivity index (χ2n) is 9.44. The van der Waals surface area contributed by atoms with Crippen molar-refractivity contribution < 1.29 is 19.1 Å². The maximum Gasteiger partial charge on any atom is 0.232 e. The summed E-state index contributed by atoms with van der Waals surface area (Å²) in [7, 11) is 3.20. The zero-order chi connectivity index (χ0) is 24.5. The van der Waals surface area contributed by atoms with Crippen LogP contribution in [-0.4, -0.2) is 25.9 Å². The maximum atomic E-state index is 13.8. The molecule has 182 valence electrons. The number of aryl methyl sites for hydroxylation is 1. The minimum Gasteiger partial charge on any atom is -0.497 e. The second-order valence-corrected chi connectivity index (χ2v) is 10.5. The number of thiophene rings is 1. The molecule has 1 aromatic heterocycles. The van der Waals surface area contributed by atoms with Gasteiger partial charge in [0.05, 0.1) is 19.8 Å². The highest BCUT2D eigenvalue weighted by Crippen LogP contribution is 2.49. The van der Waals surface area contributed by atoms with Crippen molar-refractivity contribution in [1.29, 1.82) is 5.26 Å². The fourth-order valence-corrected chi connectivity index (χ4v) is 7.16. The van der Waals surface area contributed by atoms with Crippen molar-refractivity contribution in [3.8, 4) is 17.6 Å². The Kier molecular flexibility index (Phi) is 6.66. The number of hydrogen-bond donors (Lipinski definition) is 0.